The van der Waals surface area contributed by atoms with Crippen LogP contribution in [-0.2, 0) is 16.6 Å². The maximum Gasteiger partial charge on any atom is 0.254 e. The van der Waals surface area contributed by atoms with Gasteiger partial charge in [0, 0.05) is 42.4 Å². The van der Waals surface area contributed by atoms with E-state index >= 15 is 0 Å². The zero-order chi connectivity index (χ0) is 15.0. The number of carbonyl (C=O) groups is 1. The van der Waals surface area contributed by atoms with Gasteiger partial charge in [-0.25, -0.2) is 0 Å². The molecular weight excluding hydrogens is 266 g/mol. The van der Waals surface area contributed by atoms with E-state index in [0.29, 0.717) is 13.2 Å². The molecule has 1 saturated heterocycles. The summed E-state index contributed by atoms with van der Waals surface area (Å²) in [6.45, 7) is 6.16. The van der Waals surface area contributed by atoms with E-state index in [0.717, 1.165) is 12.2 Å². The van der Waals surface area contributed by atoms with E-state index in [1.165, 1.54) is 22.2 Å². The highest BCUT2D eigenvalue weighted by Gasteiger charge is 2.22. The lowest BCUT2D eigenvalue weighted by molar-refractivity contribution is -0.128. The molecule has 2 N–H and O–H groups in total. The average molecular weight is 287 g/mol. The maximum atomic E-state index is 12.2. The van der Waals surface area contributed by atoms with Crippen LogP contribution >= 0.6 is 0 Å². The number of benzene rings is 1. The van der Waals surface area contributed by atoms with Crippen molar-refractivity contribution in [2.75, 3.05) is 25.0 Å². The molecule has 1 aliphatic rings. The lowest BCUT2D eigenvalue weighted by Crippen LogP contribution is -2.45. The first-order valence-corrected chi connectivity index (χ1v) is 7.26. The number of ether oxygens (including phenoxy) is 1. The summed E-state index contributed by atoms with van der Waals surface area (Å²) in [6.07, 6.45) is -0.409. The molecule has 1 amide bonds. The molecule has 2 aromatic rings. The van der Waals surface area contributed by atoms with Crippen molar-refractivity contribution in [2.24, 2.45) is 7.05 Å². The first kappa shape index (κ1) is 14.1. The summed E-state index contributed by atoms with van der Waals surface area (Å²) < 4.78 is 7.64. The second-order valence-electron chi connectivity index (χ2n) is 5.55. The van der Waals surface area contributed by atoms with Gasteiger partial charge in [0.2, 0.25) is 0 Å². The second kappa shape index (κ2) is 5.50. The number of anilines is 1. The number of morpholine rings is 1. The molecular formula is C16H21N3O2. The molecule has 0 bridgehead atoms. The van der Waals surface area contributed by atoms with Crippen LogP contribution in [0.3, 0.4) is 0 Å². The Labute approximate surface area is 124 Å². The lowest BCUT2D eigenvalue weighted by atomic mass is 10.1. The van der Waals surface area contributed by atoms with Gasteiger partial charge in [-0.05, 0) is 37.6 Å². The summed E-state index contributed by atoms with van der Waals surface area (Å²) in [5.74, 6) is -0.0909. The Morgan fingerprint density at radius 3 is 2.95 bits per heavy atom. The van der Waals surface area contributed by atoms with E-state index in [1.807, 2.05) is 18.2 Å². The molecule has 5 nitrogen and oxygen atoms in total. The predicted octanol–water partition coefficient (Wildman–Crippen LogP) is 1.72. The van der Waals surface area contributed by atoms with E-state index in [4.69, 9.17) is 4.74 Å². The Kier molecular flexibility index (Phi) is 3.69. The normalized spacial score (nSPS) is 18.9. The number of fused-ring (bicyclic) bond motifs is 1. The molecule has 2 heterocycles. The molecule has 5 heteroatoms. The monoisotopic (exact) mass is 287 g/mol. The van der Waals surface area contributed by atoms with E-state index < -0.39 is 6.10 Å². The third-order valence-electron chi connectivity index (χ3n) is 4.30. The highest BCUT2D eigenvalue weighted by Crippen LogP contribution is 2.27. The topological polar surface area (TPSA) is 55.3 Å². The van der Waals surface area contributed by atoms with Gasteiger partial charge in [-0.15, -0.1) is 0 Å². The molecule has 112 valence electrons. The smallest absolute Gasteiger partial charge is 0.254 e. The Bertz CT molecular complexity index is 684. The van der Waals surface area contributed by atoms with Crippen molar-refractivity contribution in [3.05, 3.63) is 29.5 Å². The summed E-state index contributed by atoms with van der Waals surface area (Å²) in [6, 6.07) is 6.02. The Hall–Kier alpha value is -1.85. The van der Waals surface area contributed by atoms with Crippen LogP contribution in [0.1, 0.15) is 11.3 Å². The quantitative estimate of drug-likeness (QED) is 0.884. The van der Waals surface area contributed by atoms with Crippen LogP contribution in [0.15, 0.2) is 18.2 Å². The molecule has 21 heavy (non-hydrogen) atoms. The van der Waals surface area contributed by atoms with E-state index in [9.17, 15) is 4.79 Å². The van der Waals surface area contributed by atoms with Crippen LogP contribution < -0.4 is 10.6 Å². The molecule has 0 unspecified atom stereocenters. The van der Waals surface area contributed by atoms with Gasteiger partial charge in [-0.2, -0.15) is 0 Å². The number of aryl methyl sites for hydroxylation is 2. The maximum absolute atomic E-state index is 12.2. The zero-order valence-corrected chi connectivity index (χ0v) is 12.7. The molecule has 1 atom stereocenters. The Morgan fingerprint density at radius 2 is 2.24 bits per heavy atom. The number of rotatable bonds is 2. The van der Waals surface area contributed by atoms with Crippen LogP contribution in [-0.4, -0.2) is 36.3 Å². The molecule has 0 aliphatic carbocycles. The van der Waals surface area contributed by atoms with Crippen molar-refractivity contribution in [3.8, 4) is 0 Å². The first-order chi connectivity index (χ1) is 10.1. The first-order valence-electron chi connectivity index (χ1n) is 7.26. The van der Waals surface area contributed by atoms with Gasteiger partial charge >= 0.3 is 0 Å². The third kappa shape index (κ3) is 2.54. The molecule has 0 spiro atoms. The highest BCUT2D eigenvalue weighted by molar-refractivity contribution is 5.97. The number of nitrogens with zero attached hydrogens (tertiary/aromatic N) is 1. The van der Waals surface area contributed by atoms with Crippen LogP contribution in [0.2, 0.25) is 0 Å². The summed E-state index contributed by atoms with van der Waals surface area (Å²) in [4.78, 5) is 12.2. The molecule has 1 aliphatic heterocycles. The zero-order valence-electron chi connectivity index (χ0n) is 12.7. The number of hydrogen-bond acceptors (Lipinski definition) is 3. The fraction of sp³-hybridized carbons (Fsp3) is 0.438. The number of nitrogens with one attached hydrogen (secondary N) is 2. The summed E-state index contributed by atoms with van der Waals surface area (Å²) in [5, 5.41) is 7.28. The SMILES string of the molecule is Cc1c(C)n(C)c2ccc(NC(=O)[C@@H]3CNCCO3)cc12. The predicted molar refractivity (Wildman–Crippen MR) is 83.6 cm³/mol. The van der Waals surface area contributed by atoms with Crippen molar-refractivity contribution >= 4 is 22.5 Å². The van der Waals surface area contributed by atoms with Crippen molar-refractivity contribution in [2.45, 2.75) is 20.0 Å². The van der Waals surface area contributed by atoms with Crippen LogP contribution in [0, 0.1) is 13.8 Å². The van der Waals surface area contributed by atoms with Crippen molar-refractivity contribution in [1.82, 2.24) is 9.88 Å². The van der Waals surface area contributed by atoms with Gasteiger partial charge in [-0.1, -0.05) is 0 Å². The third-order valence-corrected chi connectivity index (χ3v) is 4.30. The number of aromatic nitrogens is 1. The van der Waals surface area contributed by atoms with Crippen molar-refractivity contribution in [1.29, 1.82) is 0 Å². The average Bonchev–Trinajstić information content (AvgIpc) is 2.73. The minimum Gasteiger partial charge on any atom is -0.366 e. The van der Waals surface area contributed by atoms with E-state index in [2.05, 4.69) is 36.1 Å². The Morgan fingerprint density at radius 1 is 1.43 bits per heavy atom. The van der Waals surface area contributed by atoms with Crippen LogP contribution in [0.25, 0.3) is 10.9 Å². The van der Waals surface area contributed by atoms with E-state index in [1.54, 1.807) is 0 Å². The number of amides is 1. The summed E-state index contributed by atoms with van der Waals surface area (Å²) >= 11 is 0. The molecule has 0 saturated carbocycles. The van der Waals surface area contributed by atoms with Gasteiger partial charge in [0.1, 0.15) is 6.10 Å². The van der Waals surface area contributed by atoms with Crippen LogP contribution in [0.4, 0.5) is 5.69 Å². The largest absolute Gasteiger partial charge is 0.366 e. The van der Waals surface area contributed by atoms with Crippen LogP contribution in [0.5, 0.6) is 0 Å². The van der Waals surface area contributed by atoms with Crippen molar-refractivity contribution < 1.29 is 9.53 Å². The summed E-state index contributed by atoms with van der Waals surface area (Å²) in [7, 11) is 2.06. The van der Waals surface area contributed by atoms with Gasteiger partial charge in [0.25, 0.3) is 5.91 Å². The second-order valence-corrected chi connectivity index (χ2v) is 5.55. The molecule has 3 rings (SSSR count). The summed E-state index contributed by atoms with van der Waals surface area (Å²) in [5.41, 5.74) is 4.49. The standard InChI is InChI=1S/C16H21N3O2/c1-10-11(2)19(3)14-5-4-12(8-13(10)14)18-16(20)15-9-17-6-7-21-15/h4-5,8,15,17H,6-7,9H2,1-3H3,(H,18,20)/t15-/m0/s1. The molecule has 1 fully saturated rings. The molecule has 0 radical (unpaired) electrons. The fourth-order valence-electron chi connectivity index (χ4n) is 2.79. The minimum absolute atomic E-state index is 0.0909. The van der Waals surface area contributed by atoms with Gasteiger partial charge in [0.05, 0.1) is 6.61 Å². The Balaban J connectivity index is 1.84. The molecule has 1 aromatic heterocycles. The van der Waals surface area contributed by atoms with Gasteiger partial charge < -0.3 is 19.9 Å². The lowest BCUT2D eigenvalue weighted by Gasteiger charge is -2.22. The minimum atomic E-state index is -0.409. The highest BCUT2D eigenvalue weighted by atomic mass is 16.5. The molecule has 1 aromatic carbocycles. The van der Waals surface area contributed by atoms with Gasteiger partial charge in [-0.3, -0.25) is 4.79 Å². The fourth-order valence-corrected chi connectivity index (χ4v) is 2.79. The van der Waals surface area contributed by atoms with Gasteiger partial charge in [0.15, 0.2) is 0 Å². The number of carbonyl (C=O) groups excluding carboxylic acids is 1. The van der Waals surface area contributed by atoms with E-state index in [-0.39, 0.29) is 5.91 Å². The van der Waals surface area contributed by atoms with Crippen molar-refractivity contribution in [3.63, 3.8) is 0 Å². The number of hydrogen-bond donors (Lipinski definition) is 2.